The van der Waals surface area contributed by atoms with Crippen LogP contribution in [0.15, 0.2) is 48.7 Å². The molecule has 1 heterocycles. The molecule has 0 aliphatic rings. The number of aromatic nitrogens is 1. The lowest BCUT2D eigenvalue weighted by atomic mass is 10.2. The van der Waals surface area contributed by atoms with E-state index in [-0.39, 0.29) is 11.4 Å². The Morgan fingerprint density at radius 2 is 2.04 bits per heavy atom. The summed E-state index contributed by atoms with van der Waals surface area (Å²) < 4.78 is 18.4. The van der Waals surface area contributed by atoms with E-state index in [9.17, 15) is 14.0 Å². The number of pyridine rings is 1. The number of nitrogens with zero attached hydrogens (tertiary/aromatic N) is 1. The lowest BCUT2D eigenvalue weighted by Crippen LogP contribution is -2.29. The smallest absolute Gasteiger partial charge is 0.331 e. The number of anilines is 1. The maximum absolute atomic E-state index is 13.4. The maximum atomic E-state index is 13.4. The number of hydrogen-bond donors (Lipinski definition) is 1. The van der Waals surface area contributed by atoms with Crippen LogP contribution in [-0.4, -0.2) is 23.0 Å². The highest BCUT2D eigenvalue weighted by Gasteiger charge is 2.17. The lowest BCUT2D eigenvalue weighted by molar-refractivity contribution is -0.148. The van der Waals surface area contributed by atoms with Crippen LogP contribution in [0.5, 0.6) is 0 Å². The fourth-order valence-corrected chi connectivity index (χ4v) is 1.82. The number of hydrogen-bond acceptors (Lipinski definition) is 4. The molecular weight excluding hydrogens is 335 g/mol. The second-order valence-corrected chi connectivity index (χ2v) is 5.22. The lowest BCUT2D eigenvalue weighted by Gasteiger charge is -2.11. The first kappa shape index (κ1) is 17.6. The zero-order chi connectivity index (χ0) is 17.5. The summed E-state index contributed by atoms with van der Waals surface area (Å²) in [5.74, 6) is -1.47. The first-order valence-corrected chi connectivity index (χ1v) is 7.39. The van der Waals surface area contributed by atoms with Gasteiger partial charge in [-0.25, -0.2) is 14.2 Å². The number of carbonyl (C=O) groups excluding carboxylic acids is 2. The average Bonchev–Trinajstić information content (AvgIpc) is 2.56. The van der Waals surface area contributed by atoms with E-state index in [1.807, 2.05) is 0 Å². The van der Waals surface area contributed by atoms with Crippen LogP contribution < -0.4 is 5.32 Å². The fourth-order valence-electron chi connectivity index (χ4n) is 1.71. The number of esters is 1. The second-order valence-electron chi connectivity index (χ2n) is 4.78. The van der Waals surface area contributed by atoms with E-state index in [0.29, 0.717) is 5.02 Å². The van der Waals surface area contributed by atoms with Gasteiger partial charge in [0.2, 0.25) is 0 Å². The van der Waals surface area contributed by atoms with Gasteiger partial charge in [-0.15, -0.1) is 0 Å². The van der Waals surface area contributed by atoms with Gasteiger partial charge in [-0.05, 0) is 31.2 Å². The summed E-state index contributed by atoms with van der Waals surface area (Å²) in [7, 11) is 0. The van der Waals surface area contributed by atoms with Crippen molar-refractivity contribution in [2.45, 2.75) is 13.0 Å². The second kappa shape index (κ2) is 8.21. The normalized spacial score (nSPS) is 12.0. The van der Waals surface area contributed by atoms with Gasteiger partial charge in [0.25, 0.3) is 5.91 Å². The first-order valence-electron chi connectivity index (χ1n) is 7.01. The van der Waals surface area contributed by atoms with Gasteiger partial charge in [0.15, 0.2) is 6.10 Å². The molecule has 0 unspecified atom stereocenters. The Kier molecular flexibility index (Phi) is 6.03. The molecule has 2 aromatic rings. The zero-order valence-electron chi connectivity index (χ0n) is 12.7. The first-order chi connectivity index (χ1) is 11.5. The van der Waals surface area contributed by atoms with Crippen LogP contribution >= 0.6 is 11.6 Å². The highest BCUT2D eigenvalue weighted by atomic mass is 35.5. The summed E-state index contributed by atoms with van der Waals surface area (Å²) >= 11 is 5.70. The molecule has 0 saturated carbocycles. The molecule has 0 spiro atoms. The zero-order valence-corrected chi connectivity index (χ0v) is 13.5. The average molecular weight is 349 g/mol. The van der Waals surface area contributed by atoms with Crippen molar-refractivity contribution >= 4 is 35.4 Å². The number of ether oxygens (including phenoxy) is 1. The Labute approximate surface area is 143 Å². The minimum absolute atomic E-state index is 0.247. The molecule has 0 saturated heterocycles. The van der Waals surface area contributed by atoms with Gasteiger partial charge < -0.3 is 10.1 Å². The van der Waals surface area contributed by atoms with Crippen LogP contribution in [0.4, 0.5) is 10.2 Å². The Bertz CT molecular complexity index is 763. The molecular formula is C17H14ClFN2O3. The third kappa shape index (κ3) is 5.17. The van der Waals surface area contributed by atoms with E-state index in [1.54, 1.807) is 18.2 Å². The van der Waals surface area contributed by atoms with Gasteiger partial charge >= 0.3 is 5.97 Å². The van der Waals surface area contributed by atoms with Gasteiger partial charge in [0.1, 0.15) is 11.6 Å². The van der Waals surface area contributed by atoms with Crippen LogP contribution in [0, 0.1) is 5.82 Å². The summed E-state index contributed by atoms with van der Waals surface area (Å²) in [6.07, 6.45) is 2.68. The number of amides is 1. The van der Waals surface area contributed by atoms with Crippen molar-refractivity contribution in [2.24, 2.45) is 0 Å². The molecule has 0 bridgehead atoms. The fraction of sp³-hybridized carbons (Fsp3) is 0.118. The van der Waals surface area contributed by atoms with Crippen molar-refractivity contribution in [3.8, 4) is 0 Å². The highest BCUT2D eigenvalue weighted by molar-refractivity contribution is 6.30. The summed E-state index contributed by atoms with van der Waals surface area (Å²) in [6.45, 7) is 1.42. The number of nitrogens with one attached hydrogen (secondary N) is 1. The summed E-state index contributed by atoms with van der Waals surface area (Å²) in [5.41, 5.74) is 0.247. The molecule has 24 heavy (non-hydrogen) atoms. The molecule has 1 atom stereocenters. The number of carbonyl (C=O) groups is 2. The van der Waals surface area contributed by atoms with Crippen molar-refractivity contribution in [3.63, 3.8) is 0 Å². The largest absolute Gasteiger partial charge is 0.449 e. The van der Waals surface area contributed by atoms with E-state index in [2.05, 4.69) is 10.3 Å². The van der Waals surface area contributed by atoms with Gasteiger partial charge in [-0.1, -0.05) is 29.8 Å². The van der Waals surface area contributed by atoms with E-state index >= 15 is 0 Å². The minimum Gasteiger partial charge on any atom is -0.449 e. The molecule has 0 fully saturated rings. The van der Waals surface area contributed by atoms with Crippen molar-refractivity contribution in [1.82, 2.24) is 4.98 Å². The Hall–Kier alpha value is -2.73. The van der Waals surface area contributed by atoms with Crippen molar-refractivity contribution < 1.29 is 18.7 Å². The van der Waals surface area contributed by atoms with Crippen LogP contribution in [0.1, 0.15) is 12.5 Å². The molecule has 2 rings (SSSR count). The molecule has 0 aliphatic carbocycles. The third-order valence-corrected chi connectivity index (χ3v) is 3.17. The molecule has 1 aromatic heterocycles. The molecule has 1 N–H and O–H groups in total. The monoisotopic (exact) mass is 348 g/mol. The Morgan fingerprint density at radius 1 is 1.29 bits per heavy atom. The van der Waals surface area contributed by atoms with Gasteiger partial charge in [0, 0.05) is 17.8 Å². The van der Waals surface area contributed by atoms with Crippen molar-refractivity contribution in [1.29, 1.82) is 0 Å². The number of rotatable bonds is 5. The standard InChI is InChI=1S/C17H14ClFN2O3/c1-11(17(23)21-15-8-7-13(18)10-20-15)24-16(22)9-6-12-4-2-3-5-14(12)19/h2-11H,1H3,(H,20,21,23)/b9-6+/t11-/m0/s1. The summed E-state index contributed by atoms with van der Waals surface area (Å²) in [6, 6.07) is 9.07. The minimum atomic E-state index is -1.04. The van der Waals surface area contributed by atoms with E-state index in [4.69, 9.17) is 16.3 Å². The number of benzene rings is 1. The van der Waals surface area contributed by atoms with Gasteiger partial charge in [0.05, 0.1) is 5.02 Å². The van der Waals surface area contributed by atoms with Gasteiger partial charge in [-0.3, -0.25) is 4.79 Å². The molecule has 7 heteroatoms. The molecule has 5 nitrogen and oxygen atoms in total. The van der Waals surface area contributed by atoms with Crippen LogP contribution in [-0.2, 0) is 14.3 Å². The SMILES string of the molecule is C[C@H](OC(=O)/C=C/c1ccccc1F)C(=O)Nc1ccc(Cl)cn1. The molecule has 1 amide bonds. The van der Waals surface area contributed by atoms with Crippen molar-refractivity contribution in [2.75, 3.05) is 5.32 Å². The highest BCUT2D eigenvalue weighted by Crippen LogP contribution is 2.11. The Balaban J connectivity index is 1.90. The molecule has 1 aromatic carbocycles. The van der Waals surface area contributed by atoms with E-state index in [0.717, 1.165) is 6.08 Å². The number of halogens is 2. The Morgan fingerprint density at radius 3 is 2.71 bits per heavy atom. The topological polar surface area (TPSA) is 68.3 Å². The summed E-state index contributed by atoms with van der Waals surface area (Å²) in [5, 5.41) is 2.92. The van der Waals surface area contributed by atoms with E-state index < -0.39 is 23.8 Å². The third-order valence-electron chi connectivity index (χ3n) is 2.95. The van der Waals surface area contributed by atoms with E-state index in [1.165, 1.54) is 37.4 Å². The van der Waals surface area contributed by atoms with Crippen LogP contribution in [0.3, 0.4) is 0 Å². The predicted molar refractivity (Wildman–Crippen MR) is 88.9 cm³/mol. The van der Waals surface area contributed by atoms with Crippen LogP contribution in [0.2, 0.25) is 5.02 Å². The maximum Gasteiger partial charge on any atom is 0.331 e. The van der Waals surface area contributed by atoms with Crippen molar-refractivity contribution in [3.05, 3.63) is 65.1 Å². The molecule has 124 valence electrons. The predicted octanol–water partition coefficient (Wildman–Crippen LogP) is 3.46. The molecule has 0 aliphatic heterocycles. The van der Waals surface area contributed by atoms with Gasteiger partial charge in [-0.2, -0.15) is 0 Å². The summed E-state index contributed by atoms with van der Waals surface area (Å²) in [4.78, 5) is 27.5. The molecule has 0 radical (unpaired) electrons. The van der Waals surface area contributed by atoms with Crippen LogP contribution in [0.25, 0.3) is 6.08 Å². The quantitative estimate of drug-likeness (QED) is 0.663.